The van der Waals surface area contributed by atoms with Crippen molar-refractivity contribution in [2.24, 2.45) is 5.73 Å². The molecule has 1 aromatic heterocycles. The van der Waals surface area contributed by atoms with Crippen molar-refractivity contribution in [1.82, 2.24) is 10.1 Å². The Labute approximate surface area is 129 Å². The van der Waals surface area contributed by atoms with Crippen LogP contribution in [0.1, 0.15) is 31.5 Å². The fourth-order valence-corrected chi connectivity index (χ4v) is 3.03. The van der Waals surface area contributed by atoms with E-state index in [2.05, 4.69) is 32.7 Å². The number of aromatic nitrogens is 2. The Morgan fingerprint density at radius 1 is 1.32 bits per heavy atom. The first kappa shape index (κ1) is 13.3. The number of nitrogens with zero attached hydrogens (tertiary/aromatic N) is 2. The van der Waals surface area contributed by atoms with Gasteiger partial charge in [0.2, 0.25) is 0 Å². The zero-order chi connectivity index (χ0) is 13.5. The molecule has 19 heavy (non-hydrogen) atoms. The van der Waals surface area contributed by atoms with Crippen LogP contribution in [0.3, 0.4) is 0 Å². The molecule has 100 valence electrons. The molecule has 1 saturated carbocycles. The molecule has 0 bridgehead atoms. The highest BCUT2D eigenvalue weighted by Crippen LogP contribution is 2.35. The Morgan fingerprint density at radius 3 is 2.74 bits per heavy atom. The van der Waals surface area contributed by atoms with Gasteiger partial charge in [-0.15, -0.1) is 0 Å². The van der Waals surface area contributed by atoms with Crippen LogP contribution >= 0.6 is 34.2 Å². The number of halogens is 2. The fourth-order valence-electron chi connectivity index (χ4n) is 2.40. The maximum Gasteiger partial charge on any atom is 0.258 e. The van der Waals surface area contributed by atoms with Gasteiger partial charge in [-0.3, -0.25) is 0 Å². The first-order valence-electron chi connectivity index (χ1n) is 6.17. The van der Waals surface area contributed by atoms with Crippen LogP contribution < -0.4 is 5.73 Å². The lowest BCUT2D eigenvalue weighted by Gasteiger charge is -2.17. The molecule has 0 unspecified atom stereocenters. The number of hydrogen-bond donors (Lipinski definition) is 1. The predicted molar refractivity (Wildman–Crippen MR) is 81.8 cm³/mol. The Hall–Kier alpha value is -0.660. The van der Waals surface area contributed by atoms with E-state index in [1.54, 1.807) is 0 Å². The van der Waals surface area contributed by atoms with Crippen LogP contribution in [0.2, 0.25) is 5.02 Å². The lowest BCUT2D eigenvalue weighted by molar-refractivity contribution is 0.372. The molecule has 2 aromatic rings. The van der Waals surface area contributed by atoms with Crippen molar-refractivity contribution in [3.8, 4) is 11.5 Å². The van der Waals surface area contributed by atoms with E-state index in [1.807, 2.05) is 18.2 Å². The van der Waals surface area contributed by atoms with Gasteiger partial charge < -0.3 is 10.3 Å². The topological polar surface area (TPSA) is 64.9 Å². The van der Waals surface area contributed by atoms with E-state index in [1.165, 1.54) is 0 Å². The molecule has 0 radical (unpaired) electrons. The first-order valence-corrected chi connectivity index (χ1v) is 7.63. The summed E-state index contributed by atoms with van der Waals surface area (Å²) in [7, 11) is 0. The lowest BCUT2D eigenvalue weighted by atomic mass is 9.99. The molecule has 1 fully saturated rings. The minimum absolute atomic E-state index is 0.415. The van der Waals surface area contributed by atoms with Gasteiger partial charge in [0.1, 0.15) is 0 Å². The van der Waals surface area contributed by atoms with Crippen LogP contribution in [0.25, 0.3) is 11.5 Å². The van der Waals surface area contributed by atoms with Crippen molar-refractivity contribution in [1.29, 1.82) is 0 Å². The second-order valence-corrected chi connectivity index (χ2v) is 6.48. The van der Waals surface area contributed by atoms with Gasteiger partial charge in [-0.25, -0.2) is 0 Å². The standard InChI is InChI=1S/C13H13ClIN3O/c14-9-4-3-8(7-10(9)15)11-17-12(18-19-11)13(16)5-1-2-6-13/h3-4,7H,1-2,5-6,16H2. The highest BCUT2D eigenvalue weighted by Gasteiger charge is 2.36. The molecule has 0 amide bonds. The molecule has 0 spiro atoms. The molecular formula is C13H13ClIN3O. The van der Waals surface area contributed by atoms with Gasteiger partial charge in [-0.1, -0.05) is 29.6 Å². The Morgan fingerprint density at radius 2 is 2.05 bits per heavy atom. The van der Waals surface area contributed by atoms with Crippen LogP contribution in [0.15, 0.2) is 22.7 Å². The molecule has 1 aliphatic carbocycles. The minimum Gasteiger partial charge on any atom is -0.334 e. The van der Waals surface area contributed by atoms with E-state index < -0.39 is 5.54 Å². The third-order valence-corrected chi connectivity index (χ3v) is 5.07. The first-order chi connectivity index (χ1) is 9.08. The third-order valence-electron chi connectivity index (χ3n) is 3.53. The maximum atomic E-state index is 6.32. The van der Waals surface area contributed by atoms with Crippen molar-refractivity contribution in [2.45, 2.75) is 31.2 Å². The zero-order valence-electron chi connectivity index (χ0n) is 10.2. The lowest BCUT2D eigenvalue weighted by Crippen LogP contribution is -2.34. The molecule has 1 aliphatic rings. The third kappa shape index (κ3) is 2.51. The van der Waals surface area contributed by atoms with E-state index in [9.17, 15) is 0 Å². The number of nitrogens with two attached hydrogens (primary N) is 1. The van der Waals surface area contributed by atoms with Gasteiger partial charge in [0.15, 0.2) is 5.82 Å². The summed E-state index contributed by atoms with van der Waals surface area (Å²) in [6, 6.07) is 5.63. The molecule has 0 aliphatic heterocycles. The normalized spacial score (nSPS) is 17.8. The minimum atomic E-state index is -0.415. The van der Waals surface area contributed by atoms with Crippen LogP contribution in [-0.4, -0.2) is 10.1 Å². The summed E-state index contributed by atoms with van der Waals surface area (Å²) in [6.45, 7) is 0. The van der Waals surface area contributed by atoms with Crippen molar-refractivity contribution >= 4 is 34.2 Å². The Balaban J connectivity index is 1.94. The second kappa shape index (κ2) is 5.03. The van der Waals surface area contributed by atoms with E-state index in [0.29, 0.717) is 11.7 Å². The van der Waals surface area contributed by atoms with Gasteiger partial charge in [-0.2, -0.15) is 4.98 Å². The number of benzene rings is 1. The van der Waals surface area contributed by atoms with Crippen LogP contribution in [-0.2, 0) is 5.54 Å². The fraction of sp³-hybridized carbons (Fsp3) is 0.385. The summed E-state index contributed by atoms with van der Waals surface area (Å²) in [5, 5.41) is 4.77. The van der Waals surface area contributed by atoms with E-state index in [-0.39, 0.29) is 0 Å². The predicted octanol–water partition coefficient (Wildman–Crippen LogP) is 3.72. The molecule has 0 atom stereocenters. The highest BCUT2D eigenvalue weighted by atomic mass is 127. The molecule has 0 saturated heterocycles. The van der Waals surface area contributed by atoms with Crippen LogP contribution in [0.5, 0.6) is 0 Å². The Bertz CT molecular complexity index is 608. The molecule has 2 N–H and O–H groups in total. The summed E-state index contributed by atoms with van der Waals surface area (Å²) in [5.41, 5.74) is 6.77. The largest absolute Gasteiger partial charge is 0.334 e. The molecule has 1 heterocycles. The summed E-state index contributed by atoms with van der Waals surface area (Å²) < 4.78 is 6.29. The van der Waals surface area contributed by atoms with Gasteiger partial charge in [0.25, 0.3) is 5.89 Å². The zero-order valence-corrected chi connectivity index (χ0v) is 13.1. The van der Waals surface area contributed by atoms with Crippen molar-refractivity contribution in [3.63, 3.8) is 0 Å². The quantitative estimate of drug-likeness (QED) is 0.795. The smallest absolute Gasteiger partial charge is 0.258 e. The van der Waals surface area contributed by atoms with Gasteiger partial charge in [-0.05, 0) is 53.6 Å². The molecule has 3 rings (SSSR count). The van der Waals surface area contributed by atoms with Crippen molar-refractivity contribution in [2.75, 3.05) is 0 Å². The monoisotopic (exact) mass is 389 g/mol. The molecule has 4 nitrogen and oxygen atoms in total. The summed E-state index contributed by atoms with van der Waals surface area (Å²) in [6.07, 6.45) is 4.09. The van der Waals surface area contributed by atoms with Crippen molar-refractivity contribution in [3.05, 3.63) is 32.6 Å². The second-order valence-electron chi connectivity index (χ2n) is 4.92. The van der Waals surface area contributed by atoms with Crippen molar-refractivity contribution < 1.29 is 4.52 Å². The Kier molecular flexibility index (Phi) is 3.53. The average Bonchev–Trinajstić information content (AvgIpc) is 3.02. The van der Waals surface area contributed by atoms with Gasteiger partial charge >= 0.3 is 0 Å². The number of hydrogen-bond acceptors (Lipinski definition) is 4. The molecule has 1 aromatic carbocycles. The van der Waals surface area contributed by atoms with Gasteiger partial charge in [0.05, 0.1) is 10.6 Å². The summed E-state index contributed by atoms with van der Waals surface area (Å²) >= 11 is 8.18. The van der Waals surface area contributed by atoms with E-state index in [0.717, 1.165) is 39.8 Å². The average molecular weight is 390 g/mol. The number of rotatable bonds is 2. The van der Waals surface area contributed by atoms with E-state index >= 15 is 0 Å². The van der Waals surface area contributed by atoms with E-state index in [4.69, 9.17) is 21.9 Å². The summed E-state index contributed by atoms with van der Waals surface area (Å²) in [4.78, 5) is 4.46. The maximum absolute atomic E-state index is 6.32. The van der Waals surface area contributed by atoms with Crippen LogP contribution in [0, 0.1) is 3.57 Å². The van der Waals surface area contributed by atoms with Gasteiger partial charge in [0, 0.05) is 9.13 Å². The molecule has 6 heteroatoms. The SMILES string of the molecule is NC1(c2noc(-c3ccc(Cl)c(I)c3)n2)CCCC1. The highest BCUT2D eigenvalue weighted by molar-refractivity contribution is 14.1. The van der Waals surface area contributed by atoms with Crippen LogP contribution in [0.4, 0.5) is 0 Å². The summed E-state index contributed by atoms with van der Waals surface area (Å²) in [5.74, 6) is 1.12. The molecular weight excluding hydrogens is 377 g/mol.